The molecule has 1 heterocycles. The van der Waals surface area contributed by atoms with Crippen LogP contribution in [0.15, 0.2) is 18.2 Å². The van der Waals surface area contributed by atoms with Crippen molar-refractivity contribution in [1.29, 1.82) is 0 Å². The summed E-state index contributed by atoms with van der Waals surface area (Å²) in [5, 5.41) is 11.9. The second-order valence-corrected chi connectivity index (χ2v) is 7.81. The van der Waals surface area contributed by atoms with E-state index in [0.29, 0.717) is 13.1 Å². The molecule has 2 rings (SSSR count). The molecular weight excluding hydrogens is 308 g/mol. The number of carbonyl (C=O) groups excluding carboxylic acids is 1. The molecule has 0 saturated heterocycles. The third kappa shape index (κ3) is 4.19. The molecule has 2 N–H and O–H groups in total. The Balaban J connectivity index is 2.29. The van der Waals surface area contributed by atoms with Crippen molar-refractivity contribution in [3.05, 3.63) is 29.3 Å². The molecule has 1 aromatic carbocycles. The molecule has 6 heteroatoms. The third-order valence-electron chi connectivity index (χ3n) is 3.86. The molecule has 0 spiro atoms. The van der Waals surface area contributed by atoms with Crippen molar-refractivity contribution in [2.75, 3.05) is 18.4 Å². The Morgan fingerprint density at radius 1 is 1.33 bits per heavy atom. The zero-order valence-electron chi connectivity index (χ0n) is 15.0. The van der Waals surface area contributed by atoms with Gasteiger partial charge in [0, 0.05) is 24.2 Å². The van der Waals surface area contributed by atoms with Crippen LogP contribution in [0.4, 0.5) is 10.5 Å². The quantitative estimate of drug-likeness (QED) is 0.887. The van der Waals surface area contributed by atoms with E-state index in [1.165, 1.54) is 0 Å². The van der Waals surface area contributed by atoms with E-state index >= 15 is 0 Å². The average Bonchev–Trinajstić information content (AvgIpc) is 2.42. The molecule has 0 aromatic heterocycles. The molecule has 1 amide bonds. The number of anilines is 1. The largest absolute Gasteiger partial charge is 0.480 e. The number of fused-ring (bicyclic) bond motifs is 1. The van der Waals surface area contributed by atoms with Crippen LogP contribution in [0.5, 0.6) is 0 Å². The number of hydrogen-bond acceptors (Lipinski definition) is 4. The third-order valence-corrected chi connectivity index (χ3v) is 3.86. The predicted octanol–water partition coefficient (Wildman–Crippen LogP) is 3.21. The number of rotatable bonds is 3. The zero-order valence-corrected chi connectivity index (χ0v) is 15.0. The summed E-state index contributed by atoms with van der Waals surface area (Å²) >= 11 is 0. The molecule has 1 aromatic rings. The van der Waals surface area contributed by atoms with Crippen LogP contribution in [-0.4, -0.2) is 40.8 Å². The highest BCUT2D eigenvalue weighted by Gasteiger charge is 2.37. The number of ether oxygens (including phenoxy) is 1. The molecule has 0 fully saturated rings. The standard InChI is InChI=1S/C18H26N2O4/c1-17(2,3)24-16(23)20-10-12-7-6-8-13(19-9-14(21)22)15(12)18(4,5)11-20/h6-8,19H,9-11H2,1-5H3,(H,21,22). The Hall–Kier alpha value is -2.24. The SMILES string of the molecule is CC(C)(C)OC(=O)N1Cc2cccc(NCC(=O)O)c2C(C)(C)C1. The minimum Gasteiger partial charge on any atom is -0.480 e. The molecule has 1 aliphatic heterocycles. The van der Waals surface area contributed by atoms with Crippen LogP contribution in [0.25, 0.3) is 0 Å². The van der Waals surface area contributed by atoms with Crippen LogP contribution >= 0.6 is 0 Å². The van der Waals surface area contributed by atoms with Crippen molar-refractivity contribution in [1.82, 2.24) is 4.90 Å². The molecule has 6 nitrogen and oxygen atoms in total. The number of nitrogens with zero attached hydrogens (tertiary/aromatic N) is 1. The molecule has 132 valence electrons. The summed E-state index contributed by atoms with van der Waals surface area (Å²) in [5.41, 5.74) is 2.03. The number of aliphatic carboxylic acids is 1. The highest BCUT2D eigenvalue weighted by molar-refractivity contribution is 5.75. The summed E-state index contributed by atoms with van der Waals surface area (Å²) < 4.78 is 5.49. The number of amides is 1. The Kier molecular flexibility index (Phi) is 4.78. The van der Waals surface area contributed by atoms with Crippen LogP contribution in [0.1, 0.15) is 45.7 Å². The number of benzene rings is 1. The van der Waals surface area contributed by atoms with Crippen LogP contribution in [-0.2, 0) is 21.5 Å². The first-order valence-electron chi connectivity index (χ1n) is 8.05. The van der Waals surface area contributed by atoms with Crippen LogP contribution in [0.3, 0.4) is 0 Å². The maximum atomic E-state index is 12.4. The maximum absolute atomic E-state index is 12.4. The molecule has 24 heavy (non-hydrogen) atoms. The van der Waals surface area contributed by atoms with Crippen molar-refractivity contribution in [2.45, 2.75) is 52.2 Å². The van der Waals surface area contributed by atoms with E-state index in [-0.39, 0.29) is 18.1 Å². The van der Waals surface area contributed by atoms with Crippen LogP contribution < -0.4 is 5.32 Å². The first kappa shape index (κ1) is 18.1. The van der Waals surface area contributed by atoms with E-state index in [4.69, 9.17) is 9.84 Å². The second kappa shape index (κ2) is 6.34. The van der Waals surface area contributed by atoms with Gasteiger partial charge >= 0.3 is 12.1 Å². The lowest BCUT2D eigenvalue weighted by Gasteiger charge is -2.41. The second-order valence-electron chi connectivity index (χ2n) is 7.81. The first-order valence-corrected chi connectivity index (χ1v) is 8.05. The van der Waals surface area contributed by atoms with Crippen LogP contribution in [0.2, 0.25) is 0 Å². The molecule has 0 unspecified atom stereocenters. The fourth-order valence-corrected chi connectivity index (χ4v) is 3.12. The van der Waals surface area contributed by atoms with E-state index in [9.17, 15) is 9.59 Å². The Morgan fingerprint density at radius 3 is 2.58 bits per heavy atom. The zero-order chi connectivity index (χ0) is 18.1. The number of nitrogens with one attached hydrogen (secondary N) is 1. The van der Waals surface area contributed by atoms with Gasteiger partial charge in [-0.05, 0) is 38.0 Å². The number of carboxylic acid groups (broad SMARTS) is 1. The molecule has 0 aliphatic carbocycles. The van der Waals surface area contributed by atoms with Crippen molar-refractivity contribution in [2.24, 2.45) is 0 Å². The molecular formula is C18H26N2O4. The van der Waals surface area contributed by atoms with Gasteiger partial charge < -0.3 is 20.1 Å². The van der Waals surface area contributed by atoms with E-state index in [1.807, 2.05) is 52.8 Å². The maximum Gasteiger partial charge on any atom is 0.410 e. The number of carboxylic acids is 1. The van der Waals surface area contributed by atoms with E-state index in [2.05, 4.69) is 5.32 Å². The smallest absolute Gasteiger partial charge is 0.410 e. The summed E-state index contributed by atoms with van der Waals surface area (Å²) in [6.07, 6.45) is -0.329. The van der Waals surface area contributed by atoms with Gasteiger partial charge in [-0.3, -0.25) is 4.79 Å². The van der Waals surface area contributed by atoms with Crippen molar-refractivity contribution in [3.8, 4) is 0 Å². The van der Waals surface area contributed by atoms with Gasteiger partial charge in [0.1, 0.15) is 12.1 Å². The molecule has 0 radical (unpaired) electrons. The molecule has 0 bridgehead atoms. The Labute approximate surface area is 142 Å². The van der Waals surface area contributed by atoms with E-state index < -0.39 is 11.6 Å². The van der Waals surface area contributed by atoms with Gasteiger partial charge in [-0.2, -0.15) is 0 Å². The van der Waals surface area contributed by atoms with E-state index in [0.717, 1.165) is 16.8 Å². The van der Waals surface area contributed by atoms with Gasteiger partial charge in [0.15, 0.2) is 0 Å². The average molecular weight is 334 g/mol. The summed E-state index contributed by atoms with van der Waals surface area (Å²) in [6, 6.07) is 5.73. The lowest BCUT2D eigenvalue weighted by molar-refractivity contribution is -0.134. The summed E-state index contributed by atoms with van der Waals surface area (Å²) in [6.45, 7) is 10.5. The van der Waals surface area contributed by atoms with Crippen LogP contribution in [0, 0.1) is 0 Å². The van der Waals surface area contributed by atoms with Gasteiger partial charge in [0.25, 0.3) is 0 Å². The lowest BCUT2D eigenvalue weighted by atomic mass is 9.77. The summed E-state index contributed by atoms with van der Waals surface area (Å²) in [7, 11) is 0. The van der Waals surface area contributed by atoms with Gasteiger partial charge in [0.05, 0.1) is 0 Å². The summed E-state index contributed by atoms with van der Waals surface area (Å²) in [4.78, 5) is 25.0. The topological polar surface area (TPSA) is 78.9 Å². The molecule has 1 aliphatic rings. The Morgan fingerprint density at radius 2 is 2.00 bits per heavy atom. The number of hydrogen-bond donors (Lipinski definition) is 2. The van der Waals surface area contributed by atoms with Gasteiger partial charge in [-0.25, -0.2) is 4.79 Å². The lowest BCUT2D eigenvalue weighted by Crippen LogP contribution is -2.47. The highest BCUT2D eigenvalue weighted by atomic mass is 16.6. The minimum atomic E-state index is -0.906. The summed E-state index contributed by atoms with van der Waals surface area (Å²) in [5.74, 6) is -0.906. The van der Waals surface area contributed by atoms with Crippen molar-refractivity contribution >= 4 is 17.7 Å². The molecule has 0 saturated carbocycles. The monoisotopic (exact) mass is 334 g/mol. The van der Waals surface area contributed by atoms with Gasteiger partial charge in [-0.15, -0.1) is 0 Å². The highest BCUT2D eigenvalue weighted by Crippen LogP contribution is 2.38. The predicted molar refractivity (Wildman–Crippen MR) is 92.2 cm³/mol. The fraction of sp³-hybridized carbons (Fsp3) is 0.556. The normalized spacial score (nSPS) is 16.3. The first-order chi connectivity index (χ1) is 11.0. The number of carbonyl (C=O) groups is 2. The van der Waals surface area contributed by atoms with Crippen molar-refractivity contribution < 1.29 is 19.4 Å². The Bertz CT molecular complexity index is 647. The van der Waals surface area contributed by atoms with Gasteiger partial charge in [-0.1, -0.05) is 26.0 Å². The molecule has 0 atom stereocenters. The minimum absolute atomic E-state index is 0.137. The van der Waals surface area contributed by atoms with E-state index in [1.54, 1.807) is 4.90 Å². The van der Waals surface area contributed by atoms with Gasteiger partial charge in [0.2, 0.25) is 0 Å². The fourth-order valence-electron chi connectivity index (χ4n) is 3.12. The van der Waals surface area contributed by atoms with Crippen molar-refractivity contribution in [3.63, 3.8) is 0 Å².